The lowest BCUT2D eigenvalue weighted by atomic mass is 10.2. The van der Waals surface area contributed by atoms with Crippen molar-refractivity contribution in [2.45, 2.75) is 9.92 Å². The molecule has 2 aromatic carbocycles. The third-order valence-electron chi connectivity index (χ3n) is 4.14. The molecule has 0 saturated heterocycles. The minimum absolute atomic E-state index is 0.0470. The first-order chi connectivity index (χ1) is 13.4. The number of benzene rings is 2. The number of anilines is 1. The van der Waals surface area contributed by atoms with E-state index in [4.69, 9.17) is 25.5 Å². The zero-order valence-corrected chi connectivity index (χ0v) is 16.7. The molecule has 0 saturated carbocycles. The second-order valence-electron chi connectivity index (χ2n) is 6.34. The molecule has 0 unspecified atom stereocenters. The van der Waals surface area contributed by atoms with Gasteiger partial charge in [0.2, 0.25) is 26.6 Å². The van der Waals surface area contributed by atoms with E-state index in [0.717, 1.165) is 0 Å². The molecule has 0 radical (unpaired) electrons. The molecule has 0 N–H and O–H groups in total. The number of halogens is 1. The standard InChI is InChI=1S/C19H17ClN2O5S/c1-22(2)19-18(21-17(27-19)12-4-3-5-13(20)10-12)28(23,24)14-6-7-15-16(11-14)26-9-8-25-15/h3-7,10-11H,8-9H2,1-2H3. The van der Waals surface area contributed by atoms with Crippen molar-refractivity contribution in [2.75, 3.05) is 32.2 Å². The van der Waals surface area contributed by atoms with Gasteiger partial charge in [0.05, 0.1) is 4.90 Å². The number of hydrogen-bond acceptors (Lipinski definition) is 7. The average molecular weight is 421 g/mol. The predicted octanol–water partition coefficient (Wildman–Crippen LogP) is 3.67. The Hall–Kier alpha value is -2.71. The third-order valence-corrected chi connectivity index (χ3v) is 6.02. The Kier molecular flexibility index (Phi) is 4.68. The van der Waals surface area contributed by atoms with E-state index in [1.165, 1.54) is 12.1 Å². The summed E-state index contributed by atoms with van der Waals surface area (Å²) in [6, 6.07) is 11.4. The van der Waals surface area contributed by atoms with E-state index in [9.17, 15) is 8.42 Å². The fraction of sp³-hybridized carbons (Fsp3) is 0.211. The molecule has 0 amide bonds. The van der Waals surface area contributed by atoms with Crippen LogP contribution in [0.3, 0.4) is 0 Å². The van der Waals surface area contributed by atoms with Crippen molar-refractivity contribution in [3.05, 3.63) is 47.5 Å². The monoisotopic (exact) mass is 420 g/mol. The number of rotatable bonds is 4. The molecule has 1 aliphatic heterocycles. The molecule has 3 aromatic rings. The summed E-state index contributed by atoms with van der Waals surface area (Å²) in [4.78, 5) is 5.88. The van der Waals surface area contributed by atoms with E-state index in [2.05, 4.69) is 4.98 Å². The summed E-state index contributed by atoms with van der Waals surface area (Å²) in [6.45, 7) is 0.790. The van der Waals surface area contributed by atoms with Crippen LogP contribution in [0.15, 0.2) is 56.8 Å². The van der Waals surface area contributed by atoms with Gasteiger partial charge in [0.1, 0.15) is 13.2 Å². The SMILES string of the molecule is CN(C)c1oc(-c2cccc(Cl)c2)nc1S(=O)(=O)c1ccc2c(c1)OCCO2. The smallest absolute Gasteiger partial charge is 0.235 e. The summed E-state index contributed by atoms with van der Waals surface area (Å²) in [5.74, 6) is 1.20. The fourth-order valence-electron chi connectivity index (χ4n) is 2.80. The molecule has 7 nitrogen and oxygen atoms in total. The largest absolute Gasteiger partial charge is 0.486 e. The Morgan fingerprint density at radius 2 is 1.79 bits per heavy atom. The van der Waals surface area contributed by atoms with Crippen molar-refractivity contribution >= 4 is 27.3 Å². The molecule has 1 aliphatic rings. The summed E-state index contributed by atoms with van der Waals surface area (Å²) < 4.78 is 43.3. The lowest BCUT2D eigenvalue weighted by Gasteiger charge is -2.18. The fourth-order valence-corrected chi connectivity index (χ4v) is 4.38. The molecular weight excluding hydrogens is 404 g/mol. The molecule has 4 rings (SSSR count). The van der Waals surface area contributed by atoms with Gasteiger partial charge >= 0.3 is 0 Å². The van der Waals surface area contributed by atoms with Gasteiger partial charge in [-0.2, -0.15) is 4.98 Å². The second kappa shape index (κ2) is 7.03. The maximum Gasteiger partial charge on any atom is 0.235 e. The van der Waals surface area contributed by atoms with Crippen molar-refractivity contribution in [1.29, 1.82) is 0 Å². The Morgan fingerprint density at radius 1 is 1.04 bits per heavy atom. The molecule has 0 aliphatic carbocycles. The number of nitrogens with zero attached hydrogens (tertiary/aromatic N) is 2. The van der Waals surface area contributed by atoms with Crippen LogP contribution >= 0.6 is 11.6 Å². The van der Waals surface area contributed by atoms with Gasteiger partial charge in [0.25, 0.3) is 0 Å². The number of ether oxygens (including phenoxy) is 2. The van der Waals surface area contributed by atoms with Gasteiger partial charge in [-0.25, -0.2) is 8.42 Å². The van der Waals surface area contributed by atoms with E-state index < -0.39 is 9.84 Å². The Morgan fingerprint density at radius 3 is 2.50 bits per heavy atom. The summed E-state index contributed by atoms with van der Waals surface area (Å²) in [7, 11) is -0.589. The molecule has 0 bridgehead atoms. The second-order valence-corrected chi connectivity index (χ2v) is 8.64. The van der Waals surface area contributed by atoms with E-state index in [0.29, 0.717) is 35.3 Å². The molecule has 1 aromatic heterocycles. The first-order valence-corrected chi connectivity index (χ1v) is 10.3. The Balaban J connectivity index is 1.83. The van der Waals surface area contributed by atoms with E-state index >= 15 is 0 Å². The van der Waals surface area contributed by atoms with Crippen LogP contribution in [-0.4, -0.2) is 40.7 Å². The molecule has 0 spiro atoms. The Labute approximate surface area is 167 Å². The van der Waals surface area contributed by atoms with Gasteiger partial charge in [-0.05, 0) is 30.3 Å². The summed E-state index contributed by atoms with van der Waals surface area (Å²) >= 11 is 6.03. The topological polar surface area (TPSA) is 81.9 Å². The van der Waals surface area contributed by atoms with Gasteiger partial charge in [-0.1, -0.05) is 17.7 Å². The number of hydrogen-bond donors (Lipinski definition) is 0. The van der Waals surface area contributed by atoms with Crippen LogP contribution in [0.25, 0.3) is 11.5 Å². The molecule has 28 heavy (non-hydrogen) atoms. The maximum absolute atomic E-state index is 13.3. The molecule has 2 heterocycles. The van der Waals surface area contributed by atoms with Crippen LogP contribution in [0.4, 0.5) is 5.88 Å². The van der Waals surface area contributed by atoms with Crippen molar-refractivity contribution in [1.82, 2.24) is 4.98 Å². The average Bonchev–Trinajstić information content (AvgIpc) is 3.14. The molecule has 0 atom stereocenters. The van der Waals surface area contributed by atoms with Gasteiger partial charge in [-0.15, -0.1) is 0 Å². The van der Waals surface area contributed by atoms with Crippen molar-refractivity contribution in [3.63, 3.8) is 0 Å². The van der Waals surface area contributed by atoms with Crippen LogP contribution in [-0.2, 0) is 9.84 Å². The normalized spacial score (nSPS) is 13.4. The number of aromatic nitrogens is 1. The molecular formula is C19H17ClN2O5S. The zero-order chi connectivity index (χ0) is 19.9. The molecule has 146 valence electrons. The number of sulfone groups is 1. The van der Waals surface area contributed by atoms with E-state index in [-0.39, 0.29) is 21.7 Å². The number of oxazole rings is 1. The van der Waals surface area contributed by atoms with Crippen molar-refractivity contribution in [2.24, 2.45) is 0 Å². The van der Waals surface area contributed by atoms with Gasteiger partial charge < -0.3 is 18.8 Å². The van der Waals surface area contributed by atoms with Gasteiger partial charge in [0, 0.05) is 30.7 Å². The maximum atomic E-state index is 13.3. The Bertz CT molecular complexity index is 1140. The van der Waals surface area contributed by atoms with Crippen LogP contribution in [0, 0.1) is 0 Å². The van der Waals surface area contributed by atoms with Gasteiger partial charge in [-0.3, -0.25) is 0 Å². The van der Waals surface area contributed by atoms with Gasteiger partial charge in [0.15, 0.2) is 11.5 Å². The molecule has 9 heteroatoms. The predicted molar refractivity (Wildman–Crippen MR) is 104 cm³/mol. The van der Waals surface area contributed by atoms with Crippen LogP contribution in [0.2, 0.25) is 5.02 Å². The lowest BCUT2D eigenvalue weighted by molar-refractivity contribution is 0.171. The summed E-state index contributed by atoms with van der Waals surface area (Å²) in [6.07, 6.45) is 0. The van der Waals surface area contributed by atoms with E-state index in [1.54, 1.807) is 49.3 Å². The highest BCUT2D eigenvalue weighted by Gasteiger charge is 2.31. The zero-order valence-electron chi connectivity index (χ0n) is 15.2. The van der Waals surface area contributed by atoms with Crippen LogP contribution in [0.5, 0.6) is 11.5 Å². The van der Waals surface area contributed by atoms with Crippen molar-refractivity contribution < 1.29 is 22.3 Å². The lowest BCUT2D eigenvalue weighted by Crippen LogP contribution is -2.16. The highest BCUT2D eigenvalue weighted by Crippen LogP contribution is 2.37. The quantitative estimate of drug-likeness (QED) is 0.636. The number of fused-ring (bicyclic) bond motifs is 1. The third kappa shape index (κ3) is 3.29. The minimum atomic E-state index is -3.96. The molecule has 0 fully saturated rings. The summed E-state index contributed by atoms with van der Waals surface area (Å²) in [5, 5.41) is 0.322. The first kappa shape index (κ1) is 18.6. The van der Waals surface area contributed by atoms with E-state index in [1.807, 2.05) is 0 Å². The first-order valence-electron chi connectivity index (χ1n) is 8.45. The van der Waals surface area contributed by atoms with Crippen LogP contribution in [0.1, 0.15) is 0 Å². The van der Waals surface area contributed by atoms with Crippen LogP contribution < -0.4 is 14.4 Å². The highest BCUT2D eigenvalue weighted by atomic mass is 35.5. The minimum Gasteiger partial charge on any atom is -0.486 e. The summed E-state index contributed by atoms with van der Waals surface area (Å²) in [5.41, 5.74) is 0.583. The van der Waals surface area contributed by atoms with Crippen molar-refractivity contribution in [3.8, 4) is 23.0 Å². The highest BCUT2D eigenvalue weighted by molar-refractivity contribution is 7.91.